The standard InChI is InChI=1S/C54H31N5O/c55-31-33-20-24-48-40(27-33)41-28-34(21-25-49(41)58(48)36-11-2-1-3-12-36)35-29-45-53(57-32-35)52-44(16-10-26-56-52)54(45)42-15-6-9-19-50(42)60-51-30-37(22-23-43(51)54)59-46-17-7-4-13-38(46)39-14-5-8-18-47(39)59/h1-30,32H. The Morgan fingerprint density at radius 3 is 1.92 bits per heavy atom. The highest BCUT2D eigenvalue weighted by atomic mass is 16.5. The highest BCUT2D eigenvalue weighted by Gasteiger charge is 2.52. The van der Waals surface area contributed by atoms with Crippen LogP contribution in [0.25, 0.3) is 77.5 Å². The van der Waals surface area contributed by atoms with Gasteiger partial charge in [0.05, 0.1) is 50.5 Å². The summed E-state index contributed by atoms with van der Waals surface area (Å²) in [5.41, 5.74) is 14.4. The first-order valence-corrected chi connectivity index (χ1v) is 20.1. The largest absolute Gasteiger partial charge is 0.457 e. The number of pyridine rings is 2. The lowest BCUT2D eigenvalue weighted by molar-refractivity contribution is 0.436. The first-order valence-electron chi connectivity index (χ1n) is 20.1. The fourth-order valence-electron chi connectivity index (χ4n) is 10.2. The SMILES string of the molecule is N#Cc1ccc2c(c1)c1cc(-c3cnc4c(c3)C3(c5ccccc5Oc5cc(-n6c7ccccc7c7ccccc76)ccc53)c3cccnc3-4)ccc1n2-c1ccccc1. The van der Waals surface area contributed by atoms with Crippen LogP contribution >= 0.6 is 0 Å². The molecule has 0 bridgehead atoms. The number of nitriles is 1. The zero-order valence-corrected chi connectivity index (χ0v) is 32.0. The maximum atomic E-state index is 9.92. The van der Waals surface area contributed by atoms with Crippen molar-refractivity contribution in [2.45, 2.75) is 5.41 Å². The molecule has 6 heteroatoms. The van der Waals surface area contributed by atoms with E-state index in [1.807, 2.05) is 42.7 Å². The van der Waals surface area contributed by atoms with E-state index in [2.05, 4.69) is 161 Å². The van der Waals surface area contributed by atoms with Gasteiger partial charge in [-0.15, -0.1) is 0 Å². The third-order valence-corrected chi connectivity index (χ3v) is 12.7. The van der Waals surface area contributed by atoms with Crippen LogP contribution in [0.5, 0.6) is 11.5 Å². The average molecular weight is 766 g/mol. The van der Waals surface area contributed by atoms with Crippen LogP contribution in [0, 0.1) is 11.3 Å². The van der Waals surface area contributed by atoms with E-state index in [0.717, 1.165) is 100 Å². The summed E-state index contributed by atoms with van der Waals surface area (Å²) in [4.78, 5) is 10.3. The summed E-state index contributed by atoms with van der Waals surface area (Å²) in [6, 6.07) is 64.1. The van der Waals surface area contributed by atoms with Crippen LogP contribution in [0.3, 0.4) is 0 Å². The summed E-state index contributed by atoms with van der Waals surface area (Å²) in [6.07, 6.45) is 3.84. The lowest BCUT2D eigenvalue weighted by atomic mass is 9.66. The third kappa shape index (κ3) is 4.30. The van der Waals surface area contributed by atoms with Gasteiger partial charge in [0.2, 0.25) is 0 Å². The van der Waals surface area contributed by atoms with Crippen molar-refractivity contribution in [2.75, 3.05) is 0 Å². The number of hydrogen-bond donors (Lipinski definition) is 0. The van der Waals surface area contributed by atoms with Gasteiger partial charge >= 0.3 is 0 Å². The highest BCUT2D eigenvalue weighted by Crippen LogP contribution is 2.62. The van der Waals surface area contributed by atoms with E-state index in [-0.39, 0.29) is 0 Å². The van der Waals surface area contributed by atoms with E-state index in [9.17, 15) is 5.26 Å². The highest BCUT2D eigenvalue weighted by molar-refractivity contribution is 6.11. The molecule has 4 aromatic heterocycles. The van der Waals surface area contributed by atoms with Crippen molar-refractivity contribution in [1.29, 1.82) is 5.26 Å². The number of fused-ring (bicyclic) bond motifs is 15. The minimum atomic E-state index is -0.749. The quantitative estimate of drug-likeness (QED) is 0.180. The van der Waals surface area contributed by atoms with Crippen molar-refractivity contribution < 1.29 is 4.74 Å². The van der Waals surface area contributed by atoms with Crippen LogP contribution in [0.1, 0.15) is 27.8 Å². The number of aromatic nitrogens is 4. The number of ether oxygens (including phenoxy) is 1. The zero-order valence-electron chi connectivity index (χ0n) is 32.0. The lowest BCUT2D eigenvalue weighted by Crippen LogP contribution is -2.32. The van der Waals surface area contributed by atoms with E-state index in [0.29, 0.717) is 5.56 Å². The van der Waals surface area contributed by atoms with E-state index >= 15 is 0 Å². The predicted octanol–water partition coefficient (Wildman–Crippen LogP) is 12.7. The Bertz CT molecular complexity index is 3610. The molecule has 0 N–H and O–H groups in total. The smallest absolute Gasteiger partial charge is 0.134 e. The summed E-state index contributed by atoms with van der Waals surface area (Å²) in [5.74, 6) is 1.60. The van der Waals surface area contributed by atoms with Gasteiger partial charge in [-0.25, -0.2) is 0 Å². The van der Waals surface area contributed by atoms with Crippen molar-refractivity contribution in [3.05, 3.63) is 216 Å². The third-order valence-electron chi connectivity index (χ3n) is 12.7. The Labute approximate surface area is 344 Å². The zero-order chi connectivity index (χ0) is 39.5. The number of benzene rings is 7. The molecule has 1 aliphatic heterocycles. The van der Waals surface area contributed by atoms with E-state index in [1.54, 1.807) is 0 Å². The number of nitrogens with zero attached hydrogens (tertiary/aromatic N) is 5. The van der Waals surface area contributed by atoms with Crippen LogP contribution in [0.15, 0.2) is 188 Å². The Morgan fingerprint density at radius 2 is 1.10 bits per heavy atom. The number of para-hydroxylation sites is 4. The molecule has 6 nitrogen and oxygen atoms in total. The minimum absolute atomic E-state index is 0.629. The molecule has 60 heavy (non-hydrogen) atoms. The van der Waals surface area contributed by atoms with Crippen molar-refractivity contribution in [1.82, 2.24) is 19.1 Å². The number of hydrogen-bond acceptors (Lipinski definition) is 4. The molecule has 7 aromatic carbocycles. The fourth-order valence-corrected chi connectivity index (χ4v) is 10.2. The van der Waals surface area contributed by atoms with Gasteiger partial charge in [-0.1, -0.05) is 91.0 Å². The first kappa shape index (κ1) is 32.8. The van der Waals surface area contributed by atoms with Gasteiger partial charge in [0.15, 0.2) is 0 Å². The molecule has 278 valence electrons. The van der Waals surface area contributed by atoms with Crippen molar-refractivity contribution in [2.24, 2.45) is 0 Å². The van der Waals surface area contributed by atoms with Gasteiger partial charge in [0, 0.05) is 73.6 Å². The summed E-state index contributed by atoms with van der Waals surface area (Å²) >= 11 is 0. The number of rotatable bonds is 3. The molecule has 0 saturated carbocycles. The second kappa shape index (κ2) is 12.1. The first-order chi connectivity index (χ1) is 29.7. The Hall–Kier alpha value is -8.27. The summed E-state index contributed by atoms with van der Waals surface area (Å²) < 4.78 is 11.6. The maximum Gasteiger partial charge on any atom is 0.134 e. The van der Waals surface area contributed by atoms with Gasteiger partial charge in [-0.2, -0.15) is 5.26 Å². The maximum absolute atomic E-state index is 9.92. The van der Waals surface area contributed by atoms with Gasteiger partial charge in [0.1, 0.15) is 11.5 Å². The second-order valence-electron chi connectivity index (χ2n) is 15.7. The summed E-state index contributed by atoms with van der Waals surface area (Å²) in [7, 11) is 0. The molecule has 11 aromatic rings. The predicted molar refractivity (Wildman–Crippen MR) is 238 cm³/mol. The lowest BCUT2D eigenvalue weighted by Gasteiger charge is -2.39. The van der Waals surface area contributed by atoms with Crippen LogP contribution in [-0.2, 0) is 5.41 Å². The molecule has 1 aliphatic carbocycles. The van der Waals surface area contributed by atoms with E-state index < -0.39 is 5.41 Å². The van der Waals surface area contributed by atoms with Crippen LogP contribution in [0.2, 0.25) is 0 Å². The molecule has 0 fully saturated rings. The Balaban J connectivity index is 1.05. The molecule has 1 unspecified atom stereocenters. The molecule has 0 saturated heterocycles. The van der Waals surface area contributed by atoms with Gasteiger partial charge in [0.25, 0.3) is 0 Å². The van der Waals surface area contributed by atoms with Crippen LogP contribution in [-0.4, -0.2) is 19.1 Å². The van der Waals surface area contributed by atoms with Gasteiger partial charge < -0.3 is 13.9 Å². The molecule has 1 spiro atoms. The molecule has 13 rings (SSSR count). The normalized spacial score (nSPS) is 14.8. The van der Waals surface area contributed by atoms with Crippen LogP contribution in [0.4, 0.5) is 0 Å². The minimum Gasteiger partial charge on any atom is -0.457 e. The summed E-state index contributed by atoms with van der Waals surface area (Å²) in [6.45, 7) is 0. The second-order valence-corrected chi connectivity index (χ2v) is 15.7. The topological polar surface area (TPSA) is 68.7 Å². The fraction of sp³-hybridized carbons (Fsp3) is 0.0185. The van der Waals surface area contributed by atoms with Crippen molar-refractivity contribution in [3.8, 4) is 51.5 Å². The Kier molecular flexibility index (Phi) is 6.62. The van der Waals surface area contributed by atoms with E-state index in [4.69, 9.17) is 14.7 Å². The monoisotopic (exact) mass is 765 g/mol. The van der Waals surface area contributed by atoms with Crippen LogP contribution < -0.4 is 4.74 Å². The van der Waals surface area contributed by atoms with Gasteiger partial charge in [-0.3, -0.25) is 9.97 Å². The van der Waals surface area contributed by atoms with E-state index in [1.165, 1.54) is 10.8 Å². The molecule has 5 heterocycles. The van der Waals surface area contributed by atoms with Crippen molar-refractivity contribution in [3.63, 3.8) is 0 Å². The van der Waals surface area contributed by atoms with Gasteiger partial charge in [-0.05, 0) is 90.0 Å². The average Bonchev–Trinajstić information content (AvgIpc) is 3.93. The molecular formula is C54H31N5O. The summed E-state index contributed by atoms with van der Waals surface area (Å²) in [5, 5.41) is 14.4. The molecular weight excluding hydrogens is 735 g/mol. The Morgan fingerprint density at radius 1 is 0.450 bits per heavy atom. The molecule has 1 atom stereocenters. The molecule has 2 aliphatic rings. The van der Waals surface area contributed by atoms with Crippen molar-refractivity contribution >= 4 is 43.6 Å². The molecule has 0 radical (unpaired) electrons. The molecule has 0 amide bonds.